The number of aromatic carboxylic acids is 1. The minimum Gasteiger partial charge on any atom is -0.477 e. The summed E-state index contributed by atoms with van der Waals surface area (Å²) in [6.07, 6.45) is 0.763. The van der Waals surface area contributed by atoms with E-state index in [0.29, 0.717) is 19.0 Å². The minimum atomic E-state index is -1.39. The number of carboxylic acids is 1. The molecule has 1 aromatic heterocycles. The second-order valence-corrected chi connectivity index (χ2v) is 7.09. The van der Waals surface area contributed by atoms with Gasteiger partial charge in [0.1, 0.15) is 17.1 Å². The second-order valence-electron chi connectivity index (χ2n) is 6.15. The monoisotopic (exact) mass is 367 g/mol. The quantitative estimate of drug-likeness (QED) is 0.862. The van der Waals surface area contributed by atoms with Crippen LogP contribution in [0.15, 0.2) is 15.9 Å². The number of thioether (sulfide) groups is 1. The van der Waals surface area contributed by atoms with Crippen molar-refractivity contribution in [2.75, 3.05) is 25.0 Å². The molecular formula is C16H15F2N3O3S. The van der Waals surface area contributed by atoms with Gasteiger partial charge >= 0.3 is 5.97 Å². The van der Waals surface area contributed by atoms with Crippen molar-refractivity contribution in [3.63, 3.8) is 0 Å². The Kier molecular flexibility index (Phi) is 3.73. The fourth-order valence-electron chi connectivity index (χ4n) is 3.51. The first-order valence-electron chi connectivity index (χ1n) is 7.80. The summed E-state index contributed by atoms with van der Waals surface area (Å²) < 4.78 is 31.2. The molecule has 132 valence electrons. The van der Waals surface area contributed by atoms with Crippen LogP contribution in [-0.4, -0.2) is 41.8 Å². The number of likely N-dealkylation sites (N-methyl/N-ethyl adjacent to an activating group) is 1. The number of benzene rings is 1. The zero-order valence-electron chi connectivity index (χ0n) is 13.3. The molecule has 1 saturated heterocycles. The van der Waals surface area contributed by atoms with Crippen molar-refractivity contribution >= 4 is 34.3 Å². The van der Waals surface area contributed by atoms with Crippen LogP contribution in [-0.2, 0) is 5.88 Å². The van der Waals surface area contributed by atoms with E-state index in [2.05, 4.69) is 5.32 Å². The Labute approximate surface area is 145 Å². The van der Waals surface area contributed by atoms with Crippen LogP contribution in [0.3, 0.4) is 0 Å². The molecule has 4 rings (SSSR count). The number of halogens is 2. The normalized spacial score (nSPS) is 19.2. The van der Waals surface area contributed by atoms with Gasteiger partial charge in [-0.25, -0.2) is 13.6 Å². The lowest BCUT2D eigenvalue weighted by Crippen LogP contribution is -2.31. The molecule has 2 N–H and O–H groups in total. The summed E-state index contributed by atoms with van der Waals surface area (Å²) in [6, 6.07) is 1.11. The molecule has 1 atom stereocenters. The average Bonchev–Trinajstić information content (AvgIpc) is 3.00. The number of carbonyl (C=O) groups is 1. The molecule has 0 spiro atoms. The van der Waals surface area contributed by atoms with Gasteiger partial charge in [-0.05, 0) is 19.5 Å². The number of hydrogen-bond acceptors (Lipinski definition) is 5. The number of nitrogens with zero attached hydrogens (tertiary/aromatic N) is 2. The summed E-state index contributed by atoms with van der Waals surface area (Å²) in [5, 5.41) is 12.3. The van der Waals surface area contributed by atoms with Crippen LogP contribution in [0.5, 0.6) is 0 Å². The molecule has 1 unspecified atom stereocenters. The number of hydrogen-bond donors (Lipinski definition) is 2. The molecule has 3 heterocycles. The smallest absolute Gasteiger partial charge is 0.342 e. The van der Waals surface area contributed by atoms with E-state index in [1.54, 1.807) is 11.9 Å². The van der Waals surface area contributed by atoms with E-state index >= 15 is 4.39 Å². The largest absolute Gasteiger partial charge is 0.477 e. The summed E-state index contributed by atoms with van der Waals surface area (Å²) in [7, 11) is 1.80. The van der Waals surface area contributed by atoms with E-state index in [9.17, 15) is 19.1 Å². The first-order valence-corrected chi connectivity index (χ1v) is 8.79. The first-order chi connectivity index (χ1) is 11.9. The number of nitrogens with one attached hydrogen (secondary N) is 1. The third kappa shape index (κ3) is 2.26. The highest BCUT2D eigenvalue weighted by Crippen LogP contribution is 2.40. The van der Waals surface area contributed by atoms with Crippen LogP contribution in [0.4, 0.5) is 14.5 Å². The molecular weight excluding hydrogens is 352 g/mol. The SMILES string of the molecule is CNC1CCN(c2c(F)cc3c(=O)c(C(=O)O)c4n(c3c2F)CS4)C1. The van der Waals surface area contributed by atoms with Gasteiger partial charge in [0.15, 0.2) is 5.82 Å². The highest BCUT2D eigenvalue weighted by atomic mass is 32.2. The lowest BCUT2D eigenvalue weighted by atomic mass is 10.1. The van der Waals surface area contributed by atoms with E-state index in [1.165, 1.54) is 16.3 Å². The summed E-state index contributed by atoms with van der Waals surface area (Å²) in [5.41, 5.74) is -1.45. The van der Waals surface area contributed by atoms with Gasteiger partial charge in [-0.15, -0.1) is 0 Å². The first kappa shape index (κ1) is 16.3. The van der Waals surface area contributed by atoms with Crippen LogP contribution in [0.1, 0.15) is 16.8 Å². The molecule has 0 radical (unpaired) electrons. The van der Waals surface area contributed by atoms with Gasteiger partial charge in [0, 0.05) is 19.1 Å². The van der Waals surface area contributed by atoms with Crippen molar-refractivity contribution < 1.29 is 18.7 Å². The zero-order valence-corrected chi connectivity index (χ0v) is 14.1. The van der Waals surface area contributed by atoms with Crippen LogP contribution >= 0.6 is 11.8 Å². The minimum absolute atomic E-state index is 0.0203. The number of pyridine rings is 1. The maximum atomic E-state index is 15.2. The number of aromatic nitrogens is 1. The molecule has 25 heavy (non-hydrogen) atoms. The van der Waals surface area contributed by atoms with Gasteiger partial charge in [-0.2, -0.15) is 0 Å². The molecule has 0 saturated carbocycles. The van der Waals surface area contributed by atoms with Gasteiger partial charge in [0.2, 0.25) is 5.43 Å². The predicted molar refractivity (Wildman–Crippen MR) is 90.6 cm³/mol. The van der Waals surface area contributed by atoms with Crippen molar-refractivity contribution in [2.24, 2.45) is 0 Å². The Bertz CT molecular complexity index is 976. The maximum Gasteiger partial charge on any atom is 0.342 e. The maximum absolute atomic E-state index is 15.2. The highest BCUT2D eigenvalue weighted by Gasteiger charge is 2.33. The van der Waals surface area contributed by atoms with E-state index < -0.39 is 28.6 Å². The van der Waals surface area contributed by atoms with Crippen LogP contribution in [0.25, 0.3) is 10.9 Å². The molecule has 1 aromatic carbocycles. The third-order valence-corrected chi connectivity index (χ3v) is 5.91. The lowest BCUT2D eigenvalue weighted by molar-refractivity contribution is 0.0689. The van der Waals surface area contributed by atoms with Crippen molar-refractivity contribution in [3.05, 3.63) is 33.5 Å². The van der Waals surface area contributed by atoms with Gasteiger partial charge in [-0.1, -0.05) is 11.8 Å². The van der Waals surface area contributed by atoms with Gasteiger partial charge in [-0.3, -0.25) is 4.79 Å². The molecule has 9 heteroatoms. The Balaban J connectivity index is 1.98. The molecule has 0 amide bonds. The zero-order chi connectivity index (χ0) is 17.9. The second kappa shape index (κ2) is 5.70. The van der Waals surface area contributed by atoms with E-state index in [-0.39, 0.29) is 27.7 Å². The van der Waals surface area contributed by atoms with E-state index in [1.807, 2.05) is 0 Å². The topological polar surface area (TPSA) is 74.6 Å². The van der Waals surface area contributed by atoms with Crippen molar-refractivity contribution in [2.45, 2.75) is 23.4 Å². The third-order valence-electron chi connectivity index (χ3n) is 4.83. The van der Waals surface area contributed by atoms with Crippen molar-refractivity contribution in [3.8, 4) is 0 Å². The molecule has 2 aliphatic heterocycles. The average molecular weight is 367 g/mol. The number of carboxylic acid groups (broad SMARTS) is 1. The summed E-state index contributed by atoms with van der Waals surface area (Å²) in [4.78, 5) is 25.4. The van der Waals surface area contributed by atoms with Crippen molar-refractivity contribution in [1.29, 1.82) is 0 Å². The van der Waals surface area contributed by atoms with Crippen LogP contribution in [0.2, 0.25) is 0 Å². The molecule has 2 aromatic rings. The molecule has 1 fully saturated rings. The molecule has 0 bridgehead atoms. The Morgan fingerprint density at radius 1 is 1.44 bits per heavy atom. The molecule has 2 aliphatic rings. The Morgan fingerprint density at radius 3 is 2.76 bits per heavy atom. The lowest BCUT2D eigenvalue weighted by Gasteiger charge is -2.28. The number of anilines is 1. The highest BCUT2D eigenvalue weighted by molar-refractivity contribution is 7.99. The fraction of sp³-hybridized carbons (Fsp3) is 0.375. The number of fused-ring (bicyclic) bond motifs is 3. The number of rotatable bonds is 3. The van der Waals surface area contributed by atoms with E-state index in [0.717, 1.165) is 12.5 Å². The van der Waals surface area contributed by atoms with Crippen LogP contribution in [0, 0.1) is 11.6 Å². The summed E-state index contributed by atoms with van der Waals surface area (Å²) >= 11 is 1.17. The fourth-order valence-corrected chi connectivity index (χ4v) is 4.44. The Hall–Kier alpha value is -2.13. The summed E-state index contributed by atoms with van der Waals surface area (Å²) in [5.74, 6) is -2.71. The van der Waals surface area contributed by atoms with E-state index in [4.69, 9.17) is 0 Å². The van der Waals surface area contributed by atoms with Gasteiger partial charge in [0.05, 0.1) is 21.8 Å². The standard InChI is InChI=1S/C16H15F2N3O3S/c1-19-7-2-3-20(5-7)13-9(17)4-8-12(11(13)18)21-6-25-15(21)10(14(8)22)16(23)24/h4,7,19H,2-3,5-6H2,1H3,(H,23,24). The van der Waals surface area contributed by atoms with Crippen molar-refractivity contribution in [1.82, 2.24) is 9.88 Å². The summed E-state index contributed by atoms with van der Waals surface area (Å²) in [6.45, 7) is 0.971. The Morgan fingerprint density at radius 2 is 2.20 bits per heavy atom. The van der Waals surface area contributed by atoms with Gasteiger partial charge in [0.25, 0.3) is 0 Å². The van der Waals surface area contributed by atoms with Gasteiger partial charge < -0.3 is 19.9 Å². The molecule has 6 nitrogen and oxygen atoms in total. The molecule has 0 aliphatic carbocycles. The van der Waals surface area contributed by atoms with Crippen LogP contribution < -0.4 is 15.6 Å². The predicted octanol–water partition coefficient (Wildman–Crippen LogP) is 1.84.